The number of carbonyl (C=O) groups is 3. The van der Waals surface area contributed by atoms with Crippen molar-refractivity contribution in [3.8, 4) is 0 Å². The summed E-state index contributed by atoms with van der Waals surface area (Å²) in [6, 6.07) is 9.47. The Morgan fingerprint density at radius 3 is 2.19 bits per heavy atom. The van der Waals surface area contributed by atoms with Crippen molar-refractivity contribution >= 4 is 23.4 Å². The van der Waals surface area contributed by atoms with Crippen molar-refractivity contribution in [3.05, 3.63) is 30.3 Å². The van der Waals surface area contributed by atoms with Gasteiger partial charge >= 0.3 is 0 Å². The molecule has 2 aliphatic rings. The number of rotatable bonds is 9. The number of hydrogen-bond acceptors (Lipinski definition) is 6. The van der Waals surface area contributed by atoms with E-state index in [2.05, 4.69) is 20.4 Å². The molecule has 1 aromatic rings. The molecule has 3 amide bonds. The molecule has 32 heavy (non-hydrogen) atoms. The zero-order valence-corrected chi connectivity index (χ0v) is 18.9. The third-order valence-corrected chi connectivity index (χ3v) is 6.08. The maximum atomic E-state index is 12.7. The number of para-hydroxylation sites is 1. The standard InChI is InChI=1S/C23H35N5O4/c1-32-16-9-24-21(29)17-26-12-14-27(15-13-26)18-22(30)28-10-7-19(8-11-28)23(31)25-20-5-3-2-4-6-20/h2-6,19H,7-18H2,1H3,(H,24,29)(H,25,31). The number of ether oxygens (including phenoxy) is 1. The van der Waals surface area contributed by atoms with Crippen molar-refractivity contribution in [2.75, 3.05) is 77.9 Å². The first-order chi connectivity index (χ1) is 15.5. The fourth-order valence-corrected chi connectivity index (χ4v) is 4.11. The van der Waals surface area contributed by atoms with Gasteiger partial charge in [0, 0.05) is 64.5 Å². The molecule has 1 aromatic carbocycles. The fourth-order valence-electron chi connectivity index (χ4n) is 4.11. The molecule has 2 N–H and O–H groups in total. The zero-order chi connectivity index (χ0) is 22.8. The second-order valence-electron chi connectivity index (χ2n) is 8.41. The summed E-state index contributed by atoms with van der Waals surface area (Å²) in [6.07, 6.45) is 1.38. The van der Waals surface area contributed by atoms with E-state index < -0.39 is 0 Å². The number of hydrogen-bond donors (Lipinski definition) is 2. The summed E-state index contributed by atoms with van der Waals surface area (Å²) in [7, 11) is 1.61. The summed E-state index contributed by atoms with van der Waals surface area (Å²) in [6.45, 7) is 6.13. The Hall–Kier alpha value is -2.49. The number of piperidine rings is 1. The average Bonchev–Trinajstić information content (AvgIpc) is 2.81. The van der Waals surface area contributed by atoms with Crippen molar-refractivity contribution in [2.24, 2.45) is 5.92 Å². The van der Waals surface area contributed by atoms with E-state index in [1.165, 1.54) is 0 Å². The maximum Gasteiger partial charge on any atom is 0.236 e. The third kappa shape index (κ3) is 7.58. The van der Waals surface area contributed by atoms with Crippen molar-refractivity contribution in [2.45, 2.75) is 12.8 Å². The van der Waals surface area contributed by atoms with E-state index in [9.17, 15) is 14.4 Å². The SMILES string of the molecule is COCCNC(=O)CN1CCN(CC(=O)N2CCC(C(=O)Nc3ccccc3)CC2)CC1. The molecule has 2 aliphatic heterocycles. The largest absolute Gasteiger partial charge is 0.383 e. The van der Waals surface area contributed by atoms with Gasteiger partial charge in [0.05, 0.1) is 19.7 Å². The molecule has 2 heterocycles. The zero-order valence-electron chi connectivity index (χ0n) is 18.9. The molecule has 0 aliphatic carbocycles. The smallest absolute Gasteiger partial charge is 0.236 e. The molecule has 9 nitrogen and oxygen atoms in total. The van der Waals surface area contributed by atoms with Crippen LogP contribution in [0.25, 0.3) is 0 Å². The number of methoxy groups -OCH3 is 1. The number of amides is 3. The summed E-state index contributed by atoms with van der Waals surface area (Å²) >= 11 is 0. The minimum atomic E-state index is -0.0576. The van der Waals surface area contributed by atoms with Gasteiger partial charge in [0.15, 0.2) is 0 Å². The number of nitrogens with one attached hydrogen (secondary N) is 2. The first kappa shape index (κ1) is 24.2. The van der Waals surface area contributed by atoms with E-state index in [0.717, 1.165) is 31.9 Å². The highest BCUT2D eigenvalue weighted by Gasteiger charge is 2.29. The molecule has 0 bridgehead atoms. The van der Waals surface area contributed by atoms with Crippen LogP contribution in [-0.2, 0) is 19.1 Å². The molecule has 0 atom stereocenters. The van der Waals surface area contributed by atoms with Gasteiger partial charge in [-0.2, -0.15) is 0 Å². The second-order valence-corrected chi connectivity index (χ2v) is 8.41. The lowest BCUT2D eigenvalue weighted by Crippen LogP contribution is -2.52. The predicted molar refractivity (Wildman–Crippen MR) is 122 cm³/mol. The van der Waals surface area contributed by atoms with Gasteiger partial charge in [-0.1, -0.05) is 18.2 Å². The van der Waals surface area contributed by atoms with E-state index >= 15 is 0 Å². The summed E-state index contributed by atoms with van der Waals surface area (Å²) in [5, 5.41) is 5.80. The molecule has 0 aromatic heterocycles. The number of nitrogens with zero attached hydrogens (tertiary/aromatic N) is 3. The number of anilines is 1. The summed E-state index contributed by atoms with van der Waals surface area (Å²) in [5.41, 5.74) is 0.808. The Morgan fingerprint density at radius 2 is 1.56 bits per heavy atom. The van der Waals surface area contributed by atoms with E-state index in [0.29, 0.717) is 52.2 Å². The van der Waals surface area contributed by atoms with E-state index in [1.807, 2.05) is 35.2 Å². The summed E-state index contributed by atoms with van der Waals surface area (Å²) < 4.78 is 4.93. The molecule has 9 heteroatoms. The highest BCUT2D eigenvalue weighted by molar-refractivity contribution is 5.92. The van der Waals surface area contributed by atoms with Crippen LogP contribution >= 0.6 is 0 Å². The van der Waals surface area contributed by atoms with Gasteiger partial charge in [-0.3, -0.25) is 24.2 Å². The van der Waals surface area contributed by atoms with Gasteiger partial charge < -0.3 is 20.3 Å². The van der Waals surface area contributed by atoms with Crippen LogP contribution in [0.15, 0.2) is 30.3 Å². The van der Waals surface area contributed by atoms with E-state index in [1.54, 1.807) is 7.11 Å². The van der Waals surface area contributed by atoms with Crippen LogP contribution in [-0.4, -0.2) is 105 Å². The van der Waals surface area contributed by atoms with Crippen LogP contribution in [0.4, 0.5) is 5.69 Å². The minimum Gasteiger partial charge on any atom is -0.383 e. The lowest BCUT2D eigenvalue weighted by molar-refractivity contribution is -0.136. The molecular formula is C23H35N5O4. The van der Waals surface area contributed by atoms with Gasteiger partial charge in [-0.05, 0) is 25.0 Å². The van der Waals surface area contributed by atoms with Gasteiger partial charge in [0.2, 0.25) is 17.7 Å². The first-order valence-electron chi connectivity index (χ1n) is 11.4. The van der Waals surface area contributed by atoms with Crippen LogP contribution in [0.5, 0.6) is 0 Å². The Balaban J connectivity index is 1.32. The van der Waals surface area contributed by atoms with Crippen molar-refractivity contribution in [3.63, 3.8) is 0 Å². The molecule has 0 unspecified atom stereocenters. The second kappa shape index (κ2) is 12.5. The van der Waals surface area contributed by atoms with E-state index in [4.69, 9.17) is 4.74 Å². The van der Waals surface area contributed by atoms with Crippen molar-refractivity contribution in [1.29, 1.82) is 0 Å². The Morgan fingerprint density at radius 1 is 0.938 bits per heavy atom. The number of piperazine rings is 1. The van der Waals surface area contributed by atoms with Crippen LogP contribution in [0.2, 0.25) is 0 Å². The first-order valence-corrected chi connectivity index (χ1v) is 11.4. The monoisotopic (exact) mass is 445 g/mol. The predicted octanol–water partition coefficient (Wildman–Crippen LogP) is 0.244. The highest BCUT2D eigenvalue weighted by atomic mass is 16.5. The molecule has 0 spiro atoms. The average molecular weight is 446 g/mol. The molecule has 0 radical (unpaired) electrons. The molecule has 0 saturated carbocycles. The van der Waals surface area contributed by atoms with Crippen molar-refractivity contribution in [1.82, 2.24) is 20.0 Å². The summed E-state index contributed by atoms with van der Waals surface area (Å²) in [5.74, 6) is 0.104. The number of benzene rings is 1. The molecule has 176 valence electrons. The van der Waals surface area contributed by atoms with Crippen LogP contribution in [0.3, 0.4) is 0 Å². The van der Waals surface area contributed by atoms with Crippen LogP contribution in [0, 0.1) is 5.92 Å². The van der Waals surface area contributed by atoms with Crippen LogP contribution in [0.1, 0.15) is 12.8 Å². The minimum absolute atomic E-state index is 0.00532. The fraction of sp³-hybridized carbons (Fsp3) is 0.609. The maximum absolute atomic E-state index is 12.7. The normalized spacial score (nSPS) is 18.3. The highest BCUT2D eigenvalue weighted by Crippen LogP contribution is 2.20. The number of carbonyl (C=O) groups excluding carboxylic acids is 3. The molecule has 2 saturated heterocycles. The Labute approximate surface area is 190 Å². The Kier molecular flexibility index (Phi) is 9.45. The van der Waals surface area contributed by atoms with Gasteiger partial charge in [-0.15, -0.1) is 0 Å². The Bertz CT molecular complexity index is 744. The molecule has 3 rings (SSSR count). The topological polar surface area (TPSA) is 94.2 Å². The van der Waals surface area contributed by atoms with Crippen LogP contribution < -0.4 is 10.6 Å². The van der Waals surface area contributed by atoms with Gasteiger partial charge in [0.1, 0.15) is 0 Å². The van der Waals surface area contributed by atoms with Gasteiger partial charge in [-0.25, -0.2) is 0 Å². The lowest BCUT2D eigenvalue weighted by atomic mass is 9.95. The summed E-state index contributed by atoms with van der Waals surface area (Å²) in [4.78, 5) is 43.3. The quantitative estimate of drug-likeness (QED) is 0.529. The van der Waals surface area contributed by atoms with Crippen molar-refractivity contribution < 1.29 is 19.1 Å². The van der Waals surface area contributed by atoms with E-state index in [-0.39, 0.29) is 23.6 Å². The third-order valence-electron chi connectivity index (χ3n) is 6.08. The molecular weight excluding hydrogens is 410 g/mol. The lowest BCUT2D eigenvalue weighted by Gasteiger charge is -2.36. The molecule has 2 fully saturated rings. The number of likely N-dealkylation sites (tertiary alicyclic amines) is 1. The van der Waals surface area contributed by atoms with Gasteiger partial charge in [0.25, 0.3) is 0 Å².